The molecule has 85 valence electrons. The number of benzene rings is 1. The molecular weight excluding hydrogens is 238 g/mol. The third kappa shape index (κ3) is 2.88. The highest BCUT2D eigenvalue weighted by atomic mass is 32.1. The quantitative estimate of drug-likeness (QED) is 0.656. The van der Waals surface area contributed by atoms with Crippen molar-refractivity contribution in [3.63, 3.8) is 0 Å². The number of rotatable bonds is 4. The monoisotopic (exact) mass is 246 g/mol. The topological polar surface area (TPSA) is 77.6 Å². The zero-order chi connectivity index (χ0) is 12.1. The maximum Gasteiger partial charge on any atom is 0.259 e. The normalized spacial score (nSPS) is 11.2. The highest BCUT2D eigenvalue weighted by Crippen LogP contribution is 2.13. The standard InChI is InChI=1S/C11H8N3O2S/c12-11-13-10(7-17-11)9(6-15)14-16-8-4-2-1-3-5-8/h1-5,7H,(H2,12,13)/b14-9-. The molecule has 0 saturated carbocycles. The number of para-hydroxylation sites is 1. The Morgan fingerprint density at radius 2 is 2.18 bits per heavy atom. The van der Waals surface area contributed by atoms with Gasteiger partial charge in [0, 0.05) is 5.38 Å². The van der Waals surface area contributed by atoms with Crippen LogP contribution in [0.1, 0.15) is 5.69 Å². The lowest BCUT2D eigenvalue weighted by Gasteiger charge is -1.97. The fourth-order valence-corrected chi connectivity index (χ4v) is 1.64. The molecule has 0 aliphatic carbocycles. The van der Waals surface area contributed by atoms with Crippen molar-refractivity contribution in [2.75, 3.05) is 5.73 Å². The largest absolute Gasteiger partial charge is 0.375 e. The second-order valence-electron chi connectivity index (χ2n) is 3.02. The number of anilines is 1. The minimum atomic E-state index is -0.0122. The van der Waals surface area contributed by atoms with Crippen LogP contribution in [0.5, 0.6) is 5.75 Å². The van der Waals surface area contributed by atoms with Gasteiger partial charge in [-0.1, -0.05) is 23.4 Å². The van der Waals surface area contributed by atoms with Gasteiger partial charge < -0.3 is 10.6 Å². The minimum Gasteiger partial charge on any atom is -0.375 e. The van der Waals surface area contributed by atoms with Crippen LogP contribution in [0.25, 0.3) is 0 Å². The van der Waals surface area contributed by atoms with Crippen LogP contribution < -0.4 is 10.6 Å². The Kier molecular flexibility index (Phi) is 3.46. The number of carbonyl (C=O) groups excluding carboxylic acids is 1. The lowest BCUT2D eigenvalue weighted by Crippen LogP contribution is -2.05. The van der Waals surface area contributed by atoms with Crippen LogP contribution in [-0.4, -0.2) is 17.0 Å². The van der Waals surface area contributed by atoms with Crippen LogP contribution in [0.15, 0.2) is 40.9 Å². The Morgan fingerprint density at radius 1 is 1.41 bits per heavy atom. The second-order valence-corrected chi connectivity index (χ2v) is 3.91. The first-order chi connectivity index (χ1) is 8.29. The summed E-state index contributed by atoms with van der Waals surface area (Å²) in [5, 5.41) is 5.66. The van der Waals surface area contributed by atoms with E-state index in [2.05, 4.69) is 10.1 Å². The zero-order valence-electron chi connectivity index (χ0n) is 8.66. The van der Waals surface area contributed by atoms with Gasteiger partial charge in [-0.05, 0) is 12.1 Å². The van der Waals surface area contributed by atoms with Crippen LogP contribution in [0, 0.1) is 0 Å². The first-order valence-electron chi connectivity index (χ1n) is 4.69. The van der Waals surface area contributed by atoms with E-state index in [1.54, 1.807) is 35.9 Å². The van der Waals surface area contributed by atoms with Gasteiger partial charge in [0.2, 0.25) is 0 Å². The molecule has 6 heteroatoms. The molecule has 0 atom stereocenters. The van der Waals surface area contributed by atoms with Gasteiger partial charge >= 0.3 is 0 Å². The van der Waals surface area contributed by atoms with Crippen LogP contribution >= 0.6 is 11.3 Å². The molecule has 1 radical (unpaired) electrons. The lowest BCUT2D eigenvalue weighted by atomic mass is 10.3. The SMILES string of the molecule is Nc1nc(/C([C]=O)=N\Oc2ccccc2)cs1. The predicted molar refractivity (Wildman–Crippen MR) is 65.8 cm³/mol. The number of nitrogens with two attached hydrogens (primary N) is 1. The molecule has 1 aromatic carbocycles. The van der Waals surface area contributed by atoms with E-state index < -0.39 is 0 Å². The summed E-state index contributed by atoms with van der Waals surface area (Å²) < 4.78 is 0. The number of aromatic nitrogens is 1. The third-order valence-electron chi connectivity index (χ3n) is 1.85. The van der Waals surface area contributed by atoms with Gasteiger partial charge in [0.1, 0.15) is 5.69 Å². The maximum atomic E-state index is 10.7. The first kappa shape index (κ1) is 11.3. The van der Waals surface area contributed by atoms with E-state index in [4.69, 9.17) is 10.6 Å². The van der Waals surface area contributed by atoms with E-state index in [0.29, 0.717) is 16.6 Å². The highest BCUT2D eigenvalue weighted by Gasteiger charge is 2.08. The number of oxime groups is 1. The molecule has 1 aromatic heterocycles. The van der Waals surface area contributed by atoms with Gasteiger partial charge in [-0.3, -0.25) is 4.79 Å². The number of thiazole rings is 1. The molecule has 2 aromatic rings. The molecule has 0 fully saturated rings. The molecule has 0 aliphatic rings. The third-order valence-corrected chi connectivity index (χ3v) is 2.52. The lowest BCUT2D eigenvalue weighted by molar-refractivity contribution is 0.342. The fraction of sp³-hybridized carbons (Fsp3) is 0. The van der Waals surface area contributed by atoms with Gasteiger partial charge in [0.05, 0.1) is 0 Å². The van der Waals surface area contributed by atoms with Crippen LogP contribution in [0.2, 0.25) is 0 Å². The average molecular weight is 246 g/mol. The highest BCUT2D eigenvalue weighted by molar-refractivity contribution is 7.13. The number of nitrogen functional groups attached to an aromatic ring is 1. The van der Waals surface area contributed by atoms with E-state index in [9.17, 15) is 4.79 Å². The summed E-state index contributed by atoms with van der Waals surface area (Å²) in [6.07, 6.45) is 1.67. The summed E-state index contributed by atoms with van der Waals surface area (Å²) in [5.41, 5.74) is 5.81. The summed E-state index contributed by atoms with van der Waals surface area (Å²) >= 11 is 1.22. The summed E-state index contributed by atoms with van der Waals surface area (Å²) in [7, 11) is 0. The number of hydrogen-bond acceptors (Lipinski definition) is 6. The molecule has 5 nitrogen and oxygen atoms in total. The van der Waals surface area contributed by atoms with E-state index >= 15 is 0 Å². The van der Waals surface area contributed by atoms with Crippen molar-refractivity contribution in [2.45, 2.75) is 0 Å². The Balaban J connectivity index is 2.16. The van der Waals surface area contributed by atoms with Crippen molar-refractivity contribution in [1.29, 1.82) is 0 Å². The Labute approximate surface area is 102 Å². The van der Waals surface area contributed by atoms with E-state index in [-0.39, 0.29) is 5.71 Å². The Hall–Kier alpha value is -2.21. The molecule has 0 amide bonds. The van der Waals surface area contributed by atoms with E-state index in [1.165, 1.54) is 11.3 Å². The smallest absolute Gasteiger partial charge is 0.259 e. The molecule has 0 spiro atoms. The number of hydrogen-bond donors (Lipinski definition) is 1. The van der Waals surface area contributed by atoms with Crippen molar-refractivity contribution < 1.29 is 9.63 Å². The van der Waals surface area contributed by atoms with E-state index in [0.717, 1.165) is 0 Å². The molecule has 2 N–H and O–H groups in total. The van der Waals surface area contributed by atoms with Crippen molar-refractivity contribution in [2.24, 2.45) is 5.16 Å². The Morgan fingerprint density at radius 3 is 2.76 bits per heavy atom. The molecule has 2 rings (SSSR count). The average Bonchev–Trinajstić information content (AvgIpc) is 2.78. The predicted octanol–water partition coefficient (Wildman–Crippen LogP) is 1.62. The van der Waals surface area contributed by atoms with Gasteiger partial charge in [0.25, 0.3) is 6.29 Å². The second kappa shape index (κ2) is 5.22. The summed E-state index contributed by atoms with van der Waals surface area (Å²) in [6, 6.07) is 8.90. The molecule has 0 aliphatic heterocycles. The molecule has 0 bridgehead atoms. The van der Waals surface area contributed by atoms with Crippen molar-refractivity contribution in [3.8, 4) is 5.75 Å². The zero-order valence-corrected chi connectivity index (χ0v) is 9.48. The molecule has 1 heterocycles. The fourth-order valence-electron chi connectivity index (χ4n) is 1.09. The summed E-state index contributed by atoms with van der Waals surface area (Å²) in [4.78, 5) is 19.7. The van der Waals surface area contributed by atoms with Gasteiger partial charge in [0.15, 0.2) is 16.6 Å². The van der Waals surface area contributed by atoms with Crippen LogP contribution in [0.3, 0.4) is 0 Å². The van der Waals surface area contributed by atoms with Gasteiger partial charge in [-0.15, -0.1) is 11.3 Å². The van der Waals surface area contributed by atoms with Crippen molar-refractivity contribution in [1.82, 2.24) is 4.98 Å². The summed E-state index contributed by atoms with van der Waals surface area (Å²) in [6.45, 7) is 0. The van der Waals surface area contributed by atoms with E-state index in [1.807, 2.05) is 6.07 Å². The van der Waals surface area contributed by atoms with Crippen LogP contribution in [-0.2, 0) is 4.79 Å². The van der Waals surface area contributed by atoms with Gasteiger partial charge in [-0.25, -0.2) is 4.98 Å². The van der Waals surface area contributed by atoms with Crippen LogP contribution in [0.4, 0.5) is 5.13 Å². The van der Waals surface area contributed by atoms with Gasteiger partial charge in [-0.2, -0.15) is 0 Å². The number of nitrogens with zero attached hydrogens (tertiary/aromatic N) is 2. The molecule has 0 saturated heterocycles. The van der Waals surface area contributed by atoms with Crippen molar-refractivity contribution in [3.05, 3.63) is 41.4 Å². The van der Waals surface area contributed by atoms with Crippen molar-refractivity contribution >= 4 is 28.5 Å². The minimum absolute atomic E-state index is 0.0122. The maximum absolute atomic E-state index is 10.7. The first-order valence-corrected chi connectivity index (χ1v) is 5.57. The Bertz CT molecular complexity index is 537. The molecule has 17 heavy (non-hydrogen) atoms. The summed E-state index contributed by atoms with van der Waals surface area (Å²) in [5.74, 6) is 0.531. The molecular formula is C11H8N3O2S. The molecule has 0 unspecified atom stereocenters.